The van der Waals surface area contributed by atoms with Crippen molar-refractivity contribution in [3.8, 4) is 5.75 Å². The Morgan fingerprint density at radius 1 is 1.06 bits per heavy atom. The molecular weight excluding hydrogens is 406 g/mol. The zero-order valence-corrected chi connectivity index (χ0v) is 18.8. The second-order valence-electron chi connectivity index (χ2n) is 7.89. The van der Waals surface area contributed by atoms with Crippen LogP contribution in [0.15, 0.2) is 66.0 Å². The lowest BCUT2D eigenvalue weighted by Gasteiger charge is -2.35. The van der Waals surface area contributed by atoms with Gasteiger partial charge in [0.1, 0.15) is 5.75 Å². The molecule has 6 heteroatoms. The fourth-order valence-electron chi connectivity index (χ4n) is 3.98. The van der Waals surface area contributed by atoms with Crippen molar-refractivity contribution in [3.05, 3.63) is 76.5 Å². The molecule has 0 aliphatic carbocycles. The van der Waals surface area contributed by atoms with Gasteiger partial charge in [0.25, 0.3) is 5.91 Å². The molecule has 0 bridgehead atoms. The van der Waals surface area contributed by atoms with Gasteiger partial charge in [-0.2, -0.15) is 0 Å². The number of hydrogen-bond acceptors (Lipinski definition) is 5. The standard InChI is InChI=1S/C25H29N3O2S/c1-18(24-4-3-17-31-24)26-21-13-15-28(16-14-21)22-9-7-20(8-10-22)27-25(29)19-5-11-23(30-2)12-6-19/h3-12,17-18,21,26H,13-16H2,1-2H3,(H,27,29)/t18-/m0/s1. The quantitative estimate of drug-likeness (QED) is 0.527. The first kappa shape index (κ1) is 21.4. The average molecular weight is 436 g/mol. The van der Waals surface area contributed by atoms with E-state index in [1.807, 2.05) is 23.5 Å². The third-order valence-corrected chi connectivity index (χ3v) is 6.85. The van der Waals surface area contributed by atoms with Crippen LogP contribution < -0.4 is 20.3 Å². The van der Waals surface area contributed by atoms with E-state index in [-0.39, 0.29) is 5.91 Å². The normalized spacial score (nSPS) is 15.5. The van der Waals surface area contributed by atoms with E-state index in [2.05, 4.69) is 52.1 Å². The monoisotopic (exact) mass is 435 g/mol. The number of rotatable bonds is 7. The molecule has 1 aliphatic rings. The van der Waals surface area contributed by atoms with E-state index in [9.17, 15) is 4.79 Å². The van der Waals surface area contributed by atoms with Crippen LogP contribution in [0.4, 0.5) is 11.4 Å². The third-order valence-electron chi connectivity index (χ3n) is 5.79. The van der Waals surface area contributed by atoms with Gasteiger partial charge in [-0.3, -0.25) is 4.79 Å². The summed E-state index contributed by atoms with van der Waals surface area (Å²) in [4.78, 5) is 16.3. The van der Waals surface area contributed by atoms with Crippen molar-refractivity contribution in [1.29, 1.82) is 0 Å². The smallest absolute Gasteiger partial charge is 0.255 e. The Morgan fingerprint density at radius 2 is 1.77 bits per heavy atom. The van der Waals surface area contributed by atoms with Gasteiger partial charge in [-0.25, -0.2) is 0 Å². The van der Waals surface area contributed by atoms with E-state index in [1.54, 1.807) is 31.4 Å². The highest BCUT2D eigenvalue weighted by Gasteiger charge is 2.21. The number of nitrogens with one attached hydrogen (secondary N) is 2. The minimum atomic E-state index is -0.123. The van der Waals surface area contributed by atoms with Gasteiger partial charge in [0.05, 0.1) is 7.11 Å². The SMILES string of the molecule is COc1ccc(C(=O)Nc2ccc(N3CCC(N[C@@H](C)c4cccs4)CC3)cc2)cc1. The summed E-state index contributed by atoms with van der Waals surface area (Å²) in [5.41, 5.74) is 2.61. The number of carbonyl (C=O) groups excluding carboxylic acids is 1. The van der Waals surface area contributed by atoms with Crippen molar-refractivity contribution >= 4 is 28.6 Å². The van der Waals surface area contributed by atoms with Gasteiger partial charge >= 0.3 is 0 Å². The number of thiophene rings is 1. The van der Waals surface area contributed by atoms with Crippen LogP contribution in [-0.2, 0) is 0 Å². The molecular formula is C25H29N3O2S. The lowest BCUT2D eigenvalue weighted by atomic mass is 10.0. The molecule has 1 fully saturated rings. The molecule has 1 aromatic heterocycles. The van der Waals surface area contributed by atoms with Gasteiger partial charge in [-0.05, 0) is 79.7 Å². The Hall–Kier alpha value is -2.83. The summed E-state index contributed by atoms with van der Waals surface area (Å²) in [6.07, 6.45) is 2.26. The topological polar surface area (TPSA) is 53.6 Å². The molecule has 4 rings (SSSR count). The van der Waals surface area contributed by atoms with Crippen LogP contribution >= 0.6 is 11.3 Å². The van der Waals surface area contributed by atoms with Crippen LogP contribution in [0.5, 0.6) is 5.75 Å². The molecule has 0 unspecified atom stereocenters. The molecule has 1 atom stereocenters. The van der Waals surface area contributed by atoms with Crippen molar-refractivity contribution in [1.82, 2.24) is 5.32 Å². The predicted molar refractivity (Wildman–Crippen MR) is 128 cm³/mol. The van der Waals surface area contributed by atoms with Gasteiger partial charge in [0.15, 0.2) is 0 Å². The van der Waals surface area contributed by atoms with E-state index in [1.165, 1.54) is 10.6 Å². The van der Waals surface area contributed by atoms with Crippen LogP contribution in [0.1, 0.15) is 41.0 Å². The molecule has 1 aliphatic heterocycles. The van der Waals surface area contributed by atoms with Crippen molar-refractivity contribution in [2.24, 2.45) is 0 Å². The lowest BCUT2D eigenvalue weighted by molar-refractivity contribution is 0.102. The first-order valence-corrected chi connectivity index (χ1v) is 11.6. The number of nitrogens with zero attached hydrogens (tertiary/aromatic N) is 1. The molecule has 162 valence electrons. The first-order chi connectivity index (χ1) is 15.1. The molecule has 2 heterocycles. The summed E-state index contributed by atoms with van der Waals surface area (Å²) >= 11 is 1.81. The summed E-state index contributed by atoms with van der Waals surface area (Å²) in [6, 6.07) is 20.5. The second-order valence-corrected chi connectivity index (χ2v) is 8.87. The Kier molecular flexibility index (Phi) is 6.89. The molecule has 0 saturated carbocycles. The number of anilines is 2. The number of amides is 1. The Bertz CT molecular complexity index is 963. The van der Waals surface area contributed by atoms with E-state index >= 15 is 0 Å². The van der Waals surface area contributed by atoms with E-state index in [0.717, 1.165) is 37.4 Å². The molecule has 2 aromatic carbocycles. The Balaban J connectivity index is 1.28. The van der Waals surface area contributed by atoms with Crippen LogP contribution in [0.25, 0.3) is 0 Å². The summed E-state index contributed by atoms with van der Waals surface area (Å²) < 4.78 is 5.14. The van der Waals surface area contributed by atoms with Crippen molar-refractivity contribution < 1.29 is 9.53 Å². The number of piperidine rings is 1. The number of benzene rings is 2. The minimum Gasteiger partial charge on any atom is -0.497 e. The van der Waals surface area contributed by atoms with E-state index in [4.69, 9.17) is 4.74 Å². The molecule has 5 nitrogen and oxygen atoms in total. The summed E-state index contributed by atoms with van der Waals surface area (Å²) in [5.74, 6) is 0.614. The molecule has 0 spiro atoms. The number of methoxy groups -OCH3 is 1. The zero-order valence-electron chi connectivity index (χ0n) is 18.0. The van der Waals surface area contributed by atoms with E-state index in [0.29, 0.717) is 17.6 Å². The van der Waals surface area contributed by atoms with Gasteiger partial charge < -0.3 is 20.3 Å². The molecule has 1 saturated heterocycles. The van der Waals surface area contributed by atoms with Crippen molar-refractivity contribution in [3.63, 3.8) is 0 Å². The summed E-state index contributed by atoms with van der Waals surface area (Å²) in [6.45, 7) is 4.32. The second kappa shape index (κ2) is 9.98. The molecule has 3 aromatic rings. The van der Waals surface area contributed by atoms with Gasteiger partial charge in [-0.15, -0.1) is 11.3 Å². The maximum atomic E-state index is 12.4. The van der Waals surface area contributed by atoms with Crippen molar-refractivity contribution in [2.45, 2.75) is 31.8 Å². The van der Waals surface area contributed by atoms with Gasteiger partial charge in [-0.1, -0.05) is 6.07 Å². The Morgan fingerprint density at radius 3 is 2.39 bits per heavy atom. The molecule has 1 amide bonds. The molecule has 2 N–H and O–H groups in total. The van der Waals surface area contributed by atoms with Crippen LogP contribution in [-0.4, -0.2) is 32.1 Å². The highest BCUT2D eigenvalue weighted by Crippen LogP contribution is 2.25. The average Bonchev–Trinajstić information content (AvgIpc) is 3.35. The highest BCUT2D eigenvalue weighted by atomic mass is 32.1. The number of hydrogen-bond donors (Lipinski definition) is 2. The Labute approximate surface area is 188 Å². The maximum Gasteiger partial charge on any atom is 0.255 e. The van der Waals surface area contributed by atoms with Crippen LogP contribution in [0.3, 0.4) is 0 Å². The predicted octanol–water partition coefficient (Wildman–Crippen LogP) is 5.33. The number of carbonyl (C=O) groups is 1. The van der Waals surface area contributed by atoms with Gasteiger partial charge in [0.2, 0.25) is 0 Å². The first-order valence-electron chi connectivity index (χ1n) is 10.7. The van der Waals surface area contributed by atoms with Gasteiger partial charge in [0, 0.05) is 47.0 Å². The van der Waals surface area contributed by atoms with E-state index < -0.39 is 0 Å². The van der Waals surface area contributed by atoms with Crippen LogP contribution in [0, 0.1) is 0 Å². The minimum absolute atomic E-state index is 0.123. The lowest BCUT2D eigenvalue weighted by Crippen LogP contribution is -2.43. The highest BCUT2D eigenvalue weighted by molar-refractivity contribution is 7.10. The largest absolute Gasteiger partial charge is 0.497 e. The molecule has 31 heavy (non-hydrogen) atoms. The number of ether oxygens (including phenoxy) is 1. The molecule has 0 radical (unpaired) electrons. The third kappa shape index (κ3) is 5.46. The summed E-state index contributed by atoms with van der Waals surface area (Å²) in [7, 11) is 1.61. The van der Waals surface area contributed by atoms with Crippen LogP contribution in [0.2, 0.25) is 0 Å². The fraction of sp³-hybridized carbons (Fsp3) is 0.320. The fourth-order valence-corrected chi connectivity index (χ4v) is 4.72. The maximum absolute atomic E-state index is 12.4. The van der Waals surface area contributed by atoms with Crippen molar-refractivity contribution in [2.75, 3.05) is 30.4 Å². The summed E-state index contributed by atoms with van der Waals surface area (Å²) in [5, 5.41) is 8.87. The zero-order chi connectivity index (χ0) is 21.6.